The number of hydrogen-bond acceptors (Lipinski definition) is 6. The SMILES string of the molecule is Cc1cc(N2C(=O)c3ccc(C(=O)O)cc3S2(=O)=O)no1. The van der Waals surface area contributed by atoms with Crippen LogP contribution in [0.5, 0.6) is 0 Å². The first-order valence-electron chi connectivity index (χ1n) is 5.72. The minimum atomic E-state index is -4.19. The van der Waals surface area contributed by atoms with Crippen LogP contribution < -0.4 is 4.31 Å². The highest BCUT2D eigenvalue weighted by Crippen LogP contribution is 2.34. The van der Waals surface area contributed by atoms with Gasteiger partial charge >= 0.3 is 5.97 Å². The molecule has 0 spiro atoms. The molecule has 2 heterocycles. The van der Waals surface area contributed by atoms with Crippen LogP contribution in [0.4, 0.5) is 5.82 Å². The van der Waals surface area contributed by atoms with Gasteiger partial charge in [-0.2, -0.15) is 4.31 Å². The van der Waals surface area contributed by atoms with E-state index in [2.05, 4.69) is 5.16 Å². The van der Waals surface area contributed by atoms with E-state index < -0.39 is 21.9 Å². The third-order valence-electron chi connectivity index (χ3n) is 2.99. The topological polar surface area (TPSA) is 118 Å². The largest absolute Gasteiger partial charge is 0.478 e. The Kier molecular flexibility index (Phi) is 2.63. The summed E-state index contributed by atoms with van der Waals surface area (Å²) in [4.78, 5) is 22.8. The smallest absolute Gasteiger partial charge is 0.335 e. The average Bonchev–Trinajstić information content (AvgIpc) is 2.90. The number of fused-ring (bicyclic) bond motifs is 1. The number of rotatable bonds is 2. The van der Waals surface area contributed by atoms with Crippen LogP contribution in [-0.4, -0.2) is 30.6 Å². The van der Waals surface area contributed by atoms with Gasteiger partial charge in [0, 0.05) is 6.07 Å². The molecule has 0 saturated carbocycles. The number of sulfonamides is 1. The molecule has 0 unspecified atom stereocenters. The summed E-state index contributed by atoms with van der Waals surface area (Å²) in [5.41, 5.74) is -0.316. The summed E-state index contributed by atoms with van der Waals surface area (Å²) < 4.78 is 30.1. The second kappa shape index (κ2) is 4.16. The molecule has 0 fully saturated rings. The summed E-state index contributed by atoms with van der Waals surface area (Å²) in [6.45, 7) is 1.55. The van der Waals surface area contributed by atoms with Crippen molar-refractivity contribution in [3.8, 4) is 0 Å². The molecule has 2 aromatic rings. The lowest BCUT2D eigenvalue weighted by molar-refractivity contribution is 0.0696. The Labute approximate surface area is 118 Å². The highest BCUT2D eigenvalue weighted by atomic mass is 32.2. The molecule has 1 aliphatic rings. The zero-order valence-electron chi connectivity index (χ0n) is 10.6. The van der Waals surface area contributed by atoms with Crippen LogP contribution in [-0.2, 0) is 10.0 Å². The van der Waals surface area contributed by atoms with Crippen LogP contribution in [0.25, 0.3) is 0 Å². The lowest BCUT2D eigenvalue weighted by atomic mass is 10.1. The Morgan fingerprint density at radius 2 is 2.05 bits per heavy atom. The van der Waals surface area contributed by atoms with E-state index in [9.17, 15) is 18.0 Å². The lowest BCUT2D eigenvalue weighted by Gasteiger charge is -2.09. The molecular formula is C12H8N2O6S. The predicted octanol–water partition coefficient (Wildman–Crippen LogP) is 1.03. The van der Waals surface area contributed by atoms with Crippen LogP contribution in [0.3, 0.4) is 0 Å². The van der Waals surface area contributed by atoms with Gasteiger partial charge in [0.05, 0.1) is 11.1 Å². The Balaban J connectivity index is 2.21. The van der Waals surface area contributed by atoms with Crippen molar-refractivity contribution in [3.05, 3.63) is 41.2 Å². The molecule has 3 rings (SSSR count). The van der Waals surface area contributed by atoms with Crippen molar-refractivity contribution in [1.29, 1.82) is 0 Å². The third kappa shape index (κ3) is 1.82. The highest BCUT2D eigenvalue weighted by molar-refractivity contribution is 7.94. The Bertz CT molecular complexity index is 883. The van der Waals surface area contributed by atoms with Gasteiger partial charge in [-0.1, -0.05) is 5.16 Å². The molecule has 9 heteroatoms. The van der Waals surface area contributed by atoms with E-state index in [1.165, 1.54) is 18.2 Å². The summed E-state index contributed by atoms with van der Waals surface area (Å²) in [6.07, 6.45) is 0. The monoisotopic (exact) mass is 308 g/mol. The number of hydrogen-bond donors (Lipinski definition) is 1. The van der Waals surface area contributed by atoms with Gasteiger partial charge in [-0.15, -0.1) is 0 Å². The summed E-state index contributed by atoms with van der Waals surface area (Å²) in [6, 6.07) is 4.61. The van der Waals surface area contributed by atoms with Gasteiger partial charge in [0.15, 0.2) is 5.82 Å². The quantitative estimate of drug-likeness (QED) is 0.880. The highest BCUT2D eigenvalue weighted by Gasteiger charge is 2.44. The number of carbonyl (C=O) groups excluding carboxylic acids is 1. The maximum Gasteiger partial charge on any atom is 0.335 e. The maximum absolute atomic E-state index is 12.4. The van der Waals surface area contributed by atoms with Gasteiger partial charge in [-0.05, 0) is 25.1 Å². The van der Waals surface area contributed by atoms with Crippen LogP contribution in [0.1, 0.15) is 26.5 Å². The number of carboxylic acid groups (broad SMARTS) is 1. The van der Waals surface area contributed by atoms with Gasteiger partial charge in [-0.3, -0.25) is 4.79 Å². The number of carbonyl (C=O) groups is 2. The zero-order chi connectivity index (χ0) is 15.4. The van der Waals surface area contributed by atoms with E-state index in [1.807, 2.05) is 0 Å². The Hall–Kier alpha value is -2.68. The summed E-state index contributed by atoms with van der Waals surface area (Å²) in [7, 11) is -4.19. The lowest BCUT2D eigenvalue weighted by Crippen LogP contribution is -2.29. The molecule has 0 bridgehead atoms. The normalized spacial score (nSPS) is 16.0. The van der Waals surface area contributed by atoms with Crippen molar-refractivity contribution in [2.45, 2.75) is 11.8 Å². The molecule has 21 heavy (non-hydrogen) atoms. The summed E-state index contributed by atoms with van der Waals surface area (Å²) in [5.74, 6) is -1.90. The van der Waals surface area contributed by atoms with E-state index >= 15 is 0 Å². The van der Waals surface area contributed by atoms with E-state index in [-0.39, 0.29) is 21.8 Å². The Morgan fingerprint density at radius 3 is 2.62 bits per heavy atom. The summed E-state index contributed by atoms with van der Waals surface area (Å²) >= 11 is 0. The van der Waals surface area contributed by atoms with Crippen LogP contribution in [0.15, 0.2) is 33.7 Å². The molecule has 1 aliphatic heterocycles. The van der Waals surface area contributed by atoms with E-state index in [0.717, 1.165) is 6.07 Å². The number of aromatic carboxylic acids is 1. The molecule has 0 radical (unpaired) electrons. The fraction of sp³-hybridized carbons (Fsp3) is 0.0833. The molecule has 0 saturated heterocycles. The molecule has 1 aromatic carbocycles. The fourth-order valence-corrected chi connectivity index (χ4v) is 3.59. The van der Waals surface area contributed by atoms with Gasteiger partial charge in [0.25, 0.3) is 15.9 Å². The number of anilines is 1. The molecule has 8 nitrogen and oxygen atoms in total. The molecule has 1 amide bonds. The predicted molar refractivity (Wildman–Crippen MR) is 68.6 cm³/mol. The standard InChI is InChI=1S/C12H8N2O6S/c1-6-4-10(13-20-6)14-11(15)8-3-2-7(12(16)17)5-9(8)21(14,18)19/h2-5H,1H3,(H,16,17). The number of aromatic nitrogens is 1. The average molecular weight is 308 g/mol. The second-order valence-electron chi connectivity index (χ2n) is 4.39. The maximum atomic E-state index is 12.4. The molecule has 0 atom stereocenters. The summed E-state index contributed by atoms with van der Waals surface area (Å²) in [5, 5.41) is 12.4. The fourth-order valence-electron chi connectivity index (χ4n) is 2.04. The van der Waals surface area contributed by atoms with Crippen molar-refractivity contribution in [3.63, 3.8) is 0 Å². The van der Waals surface area contributed by atoms with Crippen LogP contribution in [0, 0.1) is 6.92 Å². The number of carboxylic acids is 1. The zero-order valence-corrected chi connectivity index (χ0v) is 11.4. The van der Waals surface area contributed by atoms with Crippen molar-refractivity contribution in [2.24, 2.45) is 0 Å². The van der Waals surface area contributed by atoms with E-state index in [1.54, 1.807) is 6.92 Å². The first-order valence-corrected chi connectivity index (χ1v) is 7.16. The van der Waals surface area contributed by atoms with Gasteiger partial charge in [0.2, 0.25) is 0 Å². The van der Waals surface area contributed by atoms with Crippen molar-refractivity contribution >= 4 is 27.7 Å². The van der Waals surface area contributed by atoms with Crippen LogP contribution in [0.2, 0.25) is 0 Å². The van der Waals surface area contributed by atoms with Crippen LogP contribution >= 0.6 is 0 Å². The molecule has 108 valence electrons. The minimum absolute atomic E-state index is 0.0966. The number of amides is 1. The van der Waals surface area contributed by atoms with Crippen molar-refractivity contribution in [1.82, 2.24) is 5.16 Å². The Morgan fingerprint density at radius 1 is 1.33 bits per heavy atom. The van der Waals surface area contributed by atoms with Gasteiger partial charge in [-0.25, -0.2) is 13.2 Å². The van der Waals surface area contributed by atoms with E-state index in [0.29, 0.717) is 10.1 Å². The van der Waals surface area contributed by atoms with Gasteiger partial charge < -0.3 is 9.63 Å². The van der Waals surface area contributed by atoms with Crippen molar-refractivity contribution < 1.29 is 27.6 Å². The van der Waals surface area contributed by atoms with Crippen molar-refractivity contribution in [2.75, 3.05) is 4.31 Å². The third-order valence-corrected chi connectivity index (χ3v) is 4.71. The molecular weight excluding hydrogens is 300 g/mol. The number of nitrogens with zero attached hydrogens (tertiary/aromatic N) is 2. The molecule has 0 aliphatic carbocycles. The first-order chi connectivity index (χ1) is 9.82. The molecule has 1 aromatic heterocycles. The first kappa shape index (κ1) is 13.3. The van der Waals surface area contributed by atoms with Gasteiger partial charge in [0.1, 0.15) is 10.7 Å². The number of benzene rings is 1. The molecule has 1 N–H and O–H groups in total. The minimum Gasteiger partial charge on any atom is -0.478 e. The van der Waals surface area contributed by atoms with E-state index in [4.69, 9.17) is 9.63 Å². The number of aryl methyl sites for hydroxylation is 1. The second-order valence-corrected chi connectivity index (χ2v) is 6.14.